The van der Waals surface area contributed by atoms with Crippen molar-refractivity contribution in [3.05, 3.63) is 59.7 Å². The van der Waals surface area contributed by atoms with Gasteiger partial charge >= 0.3 is 0 Å². The number of nitrogens with one attached hydrogen (secondary N) is 1. The van der Waals surface area contributed by atoms with Crippen LogP contribution in [-0.4, -0.2) is 22.5 Å². The number of amides is 1. The molecule has 3 aromatic rings. The standard InChI is InChI=1S/C18H16FN3O2/c1-11-7-8-13(19)9-16(11)22-17(23)10-24-18-14-5-3-4-6-15(14)20-12(2)21-18/h3-9H,10H2,1-2H3,(H,22,23). The van der Waals surface area contributed by atoms with Gasteiger partial charge in [0.2, 0.25) is 5.88 Å². The van der Waals surface area contributed by atoms with Crippen LogP contribution in [0.3, 0.4) is 0 Å². The number of hydrogen-bond acceptors (Lipinski definition) is 4. The number of ether oxygens (including phenoxy) is 1. The van der Waals surface area contributed by atoms with E-state index in [2.05, 4.69) is 15.3 Å². The van der Waals surface area contributed by atoms with Gasteiger partial charge in [0, 0.05) is 5.69 Å². The van der Waals surface area contributed by atoms with Crippen LogP contribution in [0.15, 0.2) is 42.5 Å². The van der Waals surface area contributed by atoms with E-state index < -0.39 is 5.82 Å². The largest absolute Gasteiger partial charge is 0.467 e. The Labute approximate surface area is 138 Å². The van der Waals surface area contributed by atoms with E-state index in [0.29, 0.717) is 17.4 Å². The fourth-order valence-electron chi connectivity index (χ4n) is 2.32. The third-order valence-electron chi connectivity index (χ3n) is 3.49. The van der Waals surface area contributed by atoms with E-state index in [-0.39, 0.29) is 12.5 Å². The summed E-state index contributed by atoms with van der Waals surface area (Å²) in [6.07, 6.45) is 0. The van der Waals surface area contributed by atoms with Crippen molar-refractivity contribution in [1.29, 1.82) is 0 Å². The summed E-state index contributed by atoms with van der Waals surface area (Å²) in [6.45, 7) is 3.32. The third-order valence-corrected chi connectivity index (χ3v) is 3.49. The van der Waals surface area contributed by atoms with Crippen molar-refractivity contribution in [2.24, 2.45) is 0 Å². The molecule has 122 valence electrons. The maximum Gasteiger partial charge on any atom is 0.262 e. The quantitative estimate of drug-likeness (QED) is 0.798. The number of benzene rings is 2. The average molecular weight is 325 g/mol. The highest BCUT2D eigenvalue weighted by atomic mass is 19.1. The van der Waals surface area contributed by atoms with Gasteiger partial charge in [-0.3, -0.25) is 4.79 Å². The second-order valence-electron chi connectivity index (χ2n) is 5.39. The zero-order valence-electron chi connectivity index (χ0n) is 13.3. The monoisotopic (exact) mass is 325 g/mol. The minimum Gasteiger partial charge on any atom is -0.467 e. The van der Waals surface area contributed by atoms with Crippen LogP contribution in [0.1, 0.15) is 11.4 Å². The van der Waals surface area contributed by atoms with Gasteiger partial charge in [0.1, 0.15) is 11.6 Å². The van der Waals surface area contributed by atoms with Gasteiger partial charge in [-0.05, 0) is 43.7 Å². The van der Waals surface area contributed by atoms with Crippen LogP contribution >= 0.6 is 0 Å². The van der Waals surface area contributed by atoms with E-state index in [9.17, 15) is 9.18 Å². The van der Waals surface area contributed by atoms with Crippen LogP contribution in [0.4, 0.5) is 10.1 Å². The van der Waals surface area contributed by atoms with E-state index in [4.69, 9.17) is 4.74 Å². The number of aromatic nitrogens is 2. The Hall–Kier alpha value is -3.02. The van der Waals surface area contributed by atoms with Crippen molar-refractivity contribution in [3.63, 3.8) is 0 Å². The van der Waals surface area contributed by atoms with Crippen LogP contribution in [-0.2, 0) is 4.79 Å². The lowest BCUT2D eigenvalue weighted by Crippen LogP contribution is -2.21. The molecule has 1 heterocycles. The number of fused-ring (bicyclic) bond motifs is 1. The van der Waals surface area contributed by atoms with Crippen molar-refractivity contribution in [2.45, 2.75) is 13.8 Å². The Balaban J connectivity index is 1.74. The number of carbonyl (C=O) groups excluding carboxylic acids is 1. The highest BCUT2D eigenvalue weighted by Crippen LogP contribution is 2.22. The molecule has 1 N–H and O–H groups in total. The molecule has 0 atom stereocenters. The van der Waals surface area contributed by atoms with Gasteiger partial charge in [-0.15, -0.1) is 0 Å². The lowest BCUT2D eigenvalue weighted by Gasteiger charge is -2.11. The number of carbonyl (C=O) groups is 1. The summed E-state index contributed by atoms with van der Waals surface area (Å²) in [4.78, 5) is 20.6. The van der Waals surface area contributed by atoms with Crippen molar-refractivity contribution in [3.8, 4) is 5.88 Å². The smallest absolute Gasteiger partial charge is 0.262 e. The minimum atomic E-state index is -0.408. The van der Waals surface area contributed by atoms with E-state index in [1.165, 1.54) is 12.1 Å². The molecular formula is C18H16FN3O2. The zero-order valence-corrected chi connectivity index (χ0v) is 13.3. The molecule has 5 nitrogen and oxygen atoms in total. The maximum atomic E-state index is 13.3. The lowest BCUT2D eigenvalue weighted by molar-refractivity contribution is -0.118. The minimum absolute atomic E-state index is 0.226. The van der Waals surface area contributed by atoms with Crippen LogP contribution in [0.5, 0.6) is 5.88 Å². The summed E-state index contributed by atoms with van der Waals surface area (Å²) < 4.78 is 18.8. The molecule has 0 unspecified atom stereocenters. The number of anilines is 1. The summed E-state index contributed by atoms with van der Waals surface area (Å²) in [6, 6.07) is 11.6. The lowest BCUT2D eigenvalue weighted by atomic mass is 10.2. The summed E-state index contributed by atoms with van der Waals surface area (Å²) in [5.74, 6) is 0.118. The van der Waals surface area contributed by atoms with Crippen LogP contribution < -0.4 is 10.1 Å². The van der Waals surface area contributed by atoms with Crippen molar-refractivity contribution >= 4 is 22.5 Å². The van der Waals surface area contributed by atoms with Crippen molar-refractivity contribution in [1.82, 2.24) is 9.97 Å². The molecule has 3 rings (SSSR count). The highest BCUT2D eigenvalue weighted by Gasteiger charge is 2.10. The summed E-state index contributed by atoms with van der Waals surface area (Å²) >= 11 is 0. The molecule has 0 spiro atoms. The van der Waals surface area contributed by atoms with Gasteiger partial charge in [-0.1, -0.05) is 18.2 Å². The fourth-order valence-corrected chi connectivity index (χ4v) is 2.32. The molecule has 0 radical (unpaired) electrons. The molecule has 0 aliphatic heterocycles. The second kappa shape index (κ2) is 6.62. The Morgan fingerprint density at radius 2 is 1.96 bits per heavy atom. The first kappa shape index (κ1) is 15.9. The summed E-state index contributed by atoms with van der Waals surface area (Å²) in [5, 5.41) is 3.37. The number of para-hydroxylation sites is 1. The Morgan fingerprint density at radius 1 is 1.17 bits per heavy atom. The van der Waals surface area contributed by atoms with Crippen molar-refractivity contribution < 1.29 is 13.9 Å². The van der Waals surface area contributed by atoms with Crippen LogP contribution in [0.25, 0.3) is 10.9 Å². The third kappa shape index (κ3) is 3.48. The molecule has 0 aliphatic rings. The van der Waals surface area contributed by atoms with E-state index in [1.54, 1.807) is 19.9 Å². The molecule has 24 heavy (non-hydrogen) atoms. The molecule has 1 aromatic heterocycles. The van der Waals surface area contributed by atoms with Crippen molar-refractivity contribution in [2.75, 3.05) is 11.9 Å². The molecule has 1 amide bonds. The Bertz CT molecular complexity index is 912. The average Bonchev–Trinajstić information content (AvgIpc) is 2.56. The Kier molecular flexibility index (Phi) is 4.37. The predicted molar refractivity (Wildman–Crippen MR) is 89.5 cm³/mol. The number of rotatable bonds is 4. The first-order valence-corrected chi connectivity index (χ1v) is 7.45. The van der Waals surface area contributed by atoms with Gasteiger partial charge in [-0.25, -0.2) is 9.37 Å². The molecular weight excluding hydrogens is 309 g/mol. The second-order valence-corrected chi connectivity index (χ2v) is 5.39. The fraction of sp³-hybridized carbons (Fsp3) is 0.167. The van der Waals surface area contributed by atoms with Gasteiger partial charge < -0.3 is 10.1 Å². The summed E-state index contributed by atoms with van der Waals surface area (Å²) in [7, 11) is 0. The SMILES string of the molecule is Cc1nc(OCC(=O)Nc2cc(F)ccc2C)c2ccccc2n1. The molecule has 0 saturated carbocycles. The van der Waals surface area contributed by atoms with Crippen LogP contribution in [0.2, 0.25) is 0 Å². The first-order chi connectivity index (χ1) is 11.5. The molecule has 0 bridgehead atoms. The molecule has 0 fully saturated rings. The van der Waals surface area contributed by atoms with E-state index >= 15 is 0 Å². The first-order valence-electron chi connectivity index (χ1n) is 7.45. The topological polar surface area (TPSA) is 64.1 Å². The maximum absolute atomic E-state index is 13.3. The number of halogens is 1. The molecule has 0 saturated heterocycles. The molecule has 2 aromatic carbocycles. The molecule has 6 heteroatoms. The van der Waals surface area contributed by atoms with Gasteiger partial charge in [-0.2, -0.15) is 4.98 Å². The normalized spacial score (nSPS) is 10.6. The van der Waals surface area contributed by atoms with E-state index in [1.807, 2.05) is 24.3 Å². The summed E-state index contributed by atoms with van der Waals surface area (Å²) in [5.41, 5.74) is 1.95. The van der Waals surface area contributed by atoms with Gasteiger partial charge in [0.05, 0.1) is 10.9 Å². The predicted octanol–water partition coefficient (Wildman–Crippen LogP) is 3.40. The zero-order chi connectivity index (χ0) is 17.1. The number of hydrogen-bond donors (Lipinski definition) is 1. The van der Waals surface area contributed by atoms with E-state index in [0.717, 1.165) is 16.5 Å². The number of nitrogens with zero attached hydrogens (tertiary/aromatic N) is 2. The van der Waals surface area contributed by atoms with Crippen LogP contribution in [0, 0.1) is 19.7 Å². The van der Waals surface area contributed by atoms with Gasteiger partial charge in [0.25, 0.3) is 5.91 Å². The van der Waals surface area contributed by atoms with Gasteiger partial charge in [0.15, 0.2) is 6.61 Å². The number of aryl methyl sites for hydroxylation is 2. The molecule has 0 aliphatic carbocycles. The highest BCUT2D eigenvalue weighted by molar-refractivity contribution is 5.93. The Morgan fingerprint density at radius 3 is 2.79 bits per heavy atom.